The predicted octanol–water partition coefficient (Wildman–Crippen LogP) is 4.29. The summed E-state index contributed by atoms with van der Waals surface area (Å²) < 4.78 is 75.7. The average Bonchev–Trinajstić information content (AvgIpc) is 3.75. The number of carbonyl (C=O) groups excluding carboxylic acids is 1. The molecule has 25 atom stereocenters. The number of fused-ring (bicyclic) bond motifs is 5. The summed E-state index contributed by atoms with van der Waals surface area (Å²) in [6.07, 6.45) is -1.85. The lowest BCUT2D eigenvalue weighted by Crippen LogP contribution is -2.58. The molecule has 0 aromatic heterocycles. The summed E-state index contributed by atoms with van der Waals surface area (Å²) in [5.74, 6) is 0.587. The Kier molecular flexibility index (Phi) is 13.6. The van der Waals surface area contributed by atoms with Gasteiger partial charge in [-0.1, -0.05) is 6.92 Å². The highest BCUT2D eigenvalue weighted by atomic mass is 16.8. The van der Waals surface area contributed by atoms with E-state index in [2.05, 4.69) is 20.8 Å². The molecule has 9 aliphatic rings. The van der Waals surface area contributed by atoms with Crippen molar-refractivity contribution in [1.82, 2.24) is 0 Å². The van der Waals surface area contributed by atoms with E-state index in [0.717, 1.165) is 44.9 Å². The summed E-state index contributed by atoms with van der Waals surface area (Å²) in [6, 6.07) is 0. The second-order valence-electron chi connectivity index (χ2n) is 21.2. The normalized spacial score (nSPS) is 56.0. The highest BCUT2D eigenvalue weighted by Gasteiger charge is 2.70. The fourth-order valence-corrected chi connectivity index (χ4v) is 13.9. The van der Waals surface area contributed by atoms with E-state index in [9.17, 15) is 20.1 Å². The number of ether oxygens (including phenoxy) is 12. The van der Waals surface area contributed by atoms with E-state index in [1.165, 1.54) is 0 Å². The van der Waals surface area contributed by atoms with Crippen LogP contribution in [0, 0.1) is 28.6 Å². The van der Waals surface area contributed by atoms with E-state index in [-0.39, 0.29) is 54.5 Å². The zero-order chi connectivity index (χ0) is 44.7. The summed E-state index contributed by atoms with van der Waals surface area (Å²) >= 11 is 0. The highest BCUT2D eigenvalue weighted by Crippen LogP contribution is 2.67. The van der Waals surface area contributed by atoms with Gasteiger partial charge in [-0.15, -0.1) is 0 Å². The van der Waals surface area contributed by atoms with Gasteiger partial charge in [0.1, 0.15) is 30.2 Å². The van der Waals surface area contributed by atoms with Crippen molar-refractivity contribution in [2.24, 2.45) is 28.6 Å². The predicted molar refractivity (Wildman–Crippen MR) is 222 cm³/mol. The number of aliphatic hydroxyl groups excluding tert-OH is 3. The second kappa shape index (κ2) is 18.2. The zero-order valence-electron chi connectivity index (χ0n) is 38.8. The van der Waals surface area contributed by atoms with Gasteiger partial charge in [-0.05, 0) is 91.4 Å². The smallest absolute Gasteiger partial charge is 0.172 e. The second-order valence-corrected chi connectivity index (χ2v) is 21.2. The van der Waals surface area contributed by atoms with Gasteiger partial charge in [0.2, 0.25) is 0 Å². The molecular formula is C47H76O16. The molecular weight excluding hydrogens is 821 g/mol. The summed E-state index contributed by atoms with van der Waals surface area (Å²) in [6.45, 7) is 14.1. The van der Waals surface area contributed by atoms with Crippen LogP contribution in [-0.2, 0) is 61.6 Å². The van der Waals surface area contributed by atoms with Crippen LogP contribution >= 0.6 is 0 Å². The van der Waals surface area contributed by atoms with Gasteiger partial charge in [0.15, 0.2) is 30.9 Å². The molecule has 2 bridgehead atoms. The van der Waals surface area contributed by atoms with Crippen LogP contribution in [-0.4, -0.2) is 158 Å². The molecule has 16 nitrogen and oxygen atoms in total. The van der Waals surface area contributed by atoms with Gasteiger partial charge in [0.25, 0.3) is 0 Å². The molecule has 9 fully saturated rings. The van der Waals surface area contributed by atoms with Gasteiger partial charge in [0, 0.05) is 64.6 Å². The molecule has 1 spiro atoms. The molecule has 0 unspecified atom stereocenters. The monoisotopic (exact) mass is 897 g/mol. The molecule has 6 heterocycles. The fraction of sp³-hybridized carbons (Fsp3) is 0.979. The standard InChI is InChI=1S/C47H76O16/c1-22-29-10-11-35(50)46(29,7)36-21-34-45(6)14-13-28(16-27(45)12-15-47(34,62-22)63-36)58-37-17-30(48)42(24(3)55-37)59-38-18-31(49)43(25(4)56-38)60-40-20-33(53-9)44(26(5)57-40)61-39-19-32(52-8)41(51)23(2)54-39/h22-34,36-44,48-49,51H,10-21H2,1-9H3/t22-,23+,24+,25+,26+,27-,28-,29-,30+,31-,32+,33+,34+,36+,37-,38-,39-,40-,41+,42+,43+,44+,45-,46+,47-/m0/s1. The Morgan fingerprint density at radius 3 is 1.76 bits per heavy atom. The van der Waals surface area contributed by atoms with E-state index >= 15 is 0 Å². The third-order valence-corrected chi connectivity index (χ3v) is 17.6. The minimum absolute atomic E-state index is 0.00156. The lowest BCUT2D eigenvalue weighted by atomic mass is 9.52. The fourth-order valence-electron chi connectivity index (χ4n) is 13.9. The van der Waals surface area contributed by atoms with Gasteiger partial charge in [0.05, 0.1) is 72.6 Å². The SMILES string of the molecule is CO[C@@H]1C[C@H](O[C@@H]2[C@@H](C)O[C@@H](O[C@H]3[C@@H](O)C[C@H](O[C@H]4[C@H](O)C[C@H](O[C@H]5CC[C@@]6(C)[C@@H](CC[C@@]78O[C@@H](C)[C@@H]9CCC(=O)[C@]9(C)[C@@H](C[C@@H]76)O8)C5)O[C@@H]4C)O[C@@H]3C)C[C@H]2OC)O[C@H](C)[C@H]1O. The number of Topliss-reactive ketones (excluding diaryl/α,β-unsaturated/α-hetero) is 1. The third-order valence-electron chi connectivity index (χ3n) is 17.6. The van der Waals surface area contributed by atoms with Gasteiger partial charge in [-0.3, -0.25) is 4.79 Å². The Balaban J connectivity index is 0.741. The number of hydrogen-bond donors (Lipinski definition) is 3. The molecule has 6 aliphatic heterocycles. The number of hydrogen-bond acceptors (Lipinski definition) is 16. The van der Waals surface area contributed by atoms with Gasteiger partial charge in [-0.2, -0.15) is 0 Å². The molecule has 0 aromatic carbocycles. The van der Waals surface area contributed by atoms with Crippen LogP contribution in [0.2, 0.25) is 0 Å². The lowest BCUT2D eigenvalue weighted by Gasteiger charge is -2.57. The molecule has 6 saturated heterocycles. The molecule has 0 radical (unpaired) electrons. The Bertz CT molecular complexity index is 1580. The molecule has 360 valence electrons. The largest absolute Gasteiger partial charge is 0.390 e. The van der Waals surface area contributed by atoms with E-state index in [1.54, 1.807) is 21.1 Å². The van der Waals surface area contributed by atoms with E-state index in [0.29, 0.717) is 31.0 Å². The van der Waals surface area contributed by atoms with Crippen LogP contribution in [0.4, 0.5) is 0 Å². The Hall–Kier alpha value is -0.930. The van der Waals surface area contributed by atoms with Gasteiger partial charge < -0.3 is 72.2 Å². The average molecular weight is 897 g/mol. The van der Waals surface area contributed by atoms with Crippen molar-refractivity contribution in [2.45, 2.75) is 248 Å². The Morgan fingerprint density at radius 2 is 1.14 bits per heavy atom. The number of rotatable bonds is 10. The minimum Gasteiger partial charge on any atom is -0.390 e. The Morgan fingerprint density at radius 1 is 0.587 bits per heavy atom. The Labute approximate surface area is 372 Å². The number of ketones is 1. The molecule has 3 N–H and O–H groups in total. The molecule has 0 aromatic rings. The van der Waals surface area contributed by atoms with Gasteiger partial charge in [-0.25, -0.2) is 0 Å². The van der Waals surface area contributed by atoms with Crippen molar-refractivity contribution in [1.29, 1.82) is 0 Å². The molecule has 3 saturated carbocycles. The number of methoxy groups -OCH3 is 2. The summed E-state index contributed by atoms with van der Waals surface area (Å²) in [5.41, 5.74) is -0.464. The van der Waals surface area contributed by atoms with Crippen LogP contribution in [0.15, 0.2) is 0 Å². The van der Waals surface area contributed by atoms with E-state index in [1.807, 2.05) is 20.8 Å². The minimum atomic E-state index is -0.929. The summed E-state index contributed by atoms with van der Waals surface area (Å²) in [4.78, 5) is 13.3. The maximum Gasteiger partial charge on any atom is 0.172 e. The molecule has 63 heavy (non-hydrogen) atoms. The van der Waals surface area contributed by atoms with E-state index < -0.39 is 104 Å². The van der Waals surface area contributed by atoms with Crippen molar-refractivity contribution >= 4 is 5.78 Å². The van der Waals surface area contributed by atoms with Gasteiger partial charge >= 0.3 is 0 Å². The number of aliphatic hydroxyl groups is 3. The summed E-state index contributed by atoms with van der Waals surface area (Å²) in [7, 11) is 3.17. The topological polar surface area (TPSA) is 189 Å². The zero-order valence-corrected chi connectivity index (χ0v) is 38.8. The van der Waals surface area contributed by atoms with Crippen molar-refractivity contribution in [3.05, 3.63) is 0 Å². The van der Waals surface area contributed by atoms with Crippen molar-refractivity contribution in [3.8, 4) is 0 Å². The first-order valence-electron chi connectivity index (χ1n) is 24.2. The van der Waals surface area contributed by atoms with Crippen LogP contribution in [0.5, 0.6) is 0 Å². The summed E-state index contributed by atoms with van der Waals surface area (Å²) in [5, 5.41) is 33.2. The first-order valence-corrected chi connectivity index (χ1v) is 24.2. The number of carbonyl (C=O) groups is 1. The lowest BCUT2D eigenvalue weighted by molar-refractivity contribution is -0.346. The van der Waals surface area contributed by atoms with Crippen LogP contribution in [0.25, 0.3) is 0 Å². The quantitative estimate of drug-likeness (QED) is 0.264. The third kappa shape index (κ3) is 8.53. The van der Waals surface area contributed by atoms with Crippen LogP contribution < -0.4 is 0 Å². The van der Waals surface area contributed by atoms with Crippen molar-refractivity contribution in [2.75, 3.05) is 14.2 Å². The first kappa shape index (κ1) is 47.1. The molecule has 0 amide bonds. The van der Waals surface area contributed by atoms with Crippen molar-refractivity contribution in [3.63, 3.8) is 0 Å². The van der Waals surface area contributed by atoms with Crippen LogP contribution in [0.1, 0.15) is 126 Å². The molecule has 9 rings (SSSR count). The van der Waals surface area contributed by atoms with Crippen molar-refractivity contribution < 1.29 is 77.0 Å². The van der Waals surface area contributed by atoms with Crippen LogP contribution in [0.3, 0.4) is 0 Å². The maximum absolute atomic E-state index is 13.3. The van der Waals surface area contributed by atoms with E-state index in [4.69, 9.17) is 56.8 Å². The maximum atomic E-state index is 13.3. The first-order chi connectivity index (χ1) is 30.0. The highest BCUT2D eigenvalue weighted by molar-refractivity contribution is 5.88. The molecule has 16 heteroatoms. The molecule has 3 aliphatic carbocycles.